The number of anilines is 1. The molecule has 5 heteroatoms. The average molecular weight is 277 g/mol. The lowest BCUT2D eigenvalue weighted by Gasteiger charge is -2.08. The number of aromatic nitrogens is 2. The van der Waals surface area contributed by atoms with Crippen LogP contribution in [0.5, 0.6) is 0 Å². The maximum atomic E-state index is 13.6. The van der Waals surface area contributed by atoms with Gasteiger partial charge in [-0.1, -0.05) is 13.0 Å². The molecule has 1 aromatic heterocycles. The first kappa shape index (κ1) is 14.4. The van der Waals surface area contributed by atoms with Gasteiger partial charge < -0.3 is 5.32 Å². The summed E-state index contributed by atoms with van der Waals surface area (Å²) in [5, 5.41) is 3.18. The van der Waals surface area contributed by atoms with E-state index in [0.29, 0.717) is 11.4 Å². The quantitative estimate of drug-likeness (QED) is 0.909. The lowest BCUT2D eigenvalue weighted by molar-refractivity contribution is 0.573. The second-order valence-corrected chi connectivity index (χ2v) is 4.65. The van der Waals surface area contributed by atoms with Crippen molar-refractivity contribution in [1.29, 1.82) is 0 Å². The first-order chi connectivity index (χ1) is 9.58. The molecule has 106 valence electrons. The fraction of sp³-hybridized carbons (Fsp3) is 0.333. The number of nitrogens with zero attached hydrogens (tertiary/aromatic N) is 2. The molecule has 0 aliphatic heterocycles. The zero-order chi connectivity index (χ0) is 14.5. The molecule has 0 saturated heterocycles. The summed E-state index contributed by atoms with van der Waals surface area (Å²) in [7, 11) is 0. The topological polar surface area (TPSA) is 37.8 Å². The standard InChI is InChI=1S/C15H17F2N3/c1-3-6-18-14-7-10(2)19-15(20-14)8-11-4-5-12(16)9-13(11)17/h4-5,7,9H,3,6,8H2,1-2H3,(H,18,19,20). The molecule has 0 aliphatic rings. The monoisotopic (exact) mass is 277 g/mol. The first-order valence-corrected chi connectivity index (χ1v) is 6.61. The molecule has 1 heterocycles. The van der Waals surface area contributed by atoms with Crippen molar-refractivity contribution in [3.8, 4) is 0 Å². The van der Waals surface area contributed by atoms with Crippen LogP contribution in [0.2, 0.25) is 0 Å². The van der Waals surface area contributed by atoms with Crippen LogP contribution in [0.1, 0.15) is 30.4 Å². The van der Waals surface area contributed by atoms with Crippen molar-refractivity contribution in [3.05, 3.63) is 53.0 Å². The van der Waals surface area contributed by atoms with Crippen molar-refractivity contribution < 1.29 is 8.78 Å². The molecule has 0 bridgehead atoms. The number of aryl methyl sites for hydroxylation is 1. The summed E-state index contributed by atoms with van der Waals surface area (Å²) in [5.41, 5.74) is 1.20. The smallest absolute Gasteiger partial charge is 0.135 e. The van der Waals surface area contributed by atoms with Crippen LogP contribution in [0.3, 0.4) is 0 Å². The molecule has 2 aromatic rings. The zero-order valence-electron chi connectivity index (χ0n) is 11.6. The van der Waals surface area contributed by atoms with E-state index in [1.165, 1.54) is 12.1 Å². The highest BCUT2D eigenvalue weighted by molar-refractivity contribution is 5.36. The number of benzene rings is 1. The van der Waals surface area contributed by atoms with E-state index in [9.17, 15) is 8.78 Å². The third kappa shape index (κ3) is 3.73. The third-order valence-electron chi connectivity index (χ3n) is 2.82. The summed E-state index contributed by atoms with van der Waals surface area (Å²) in [6.07, 6.45) is 1.24. The van der Waals surface area contributed by atoms with Crippen LogP contribution >= 0.6 is 0 Å². The van der Waals surface area contributed by atoms with Crippen LogP contribution in [0.4, 0.5) is 14.6 Å². The molecule has 0 radical (unpaired) electrons. The number of hydrogen-bond donors (Lipinski definition) is 1. The summed E-state index contributed by atoms with van der Waals surface area (Å²) in [5.74, 6) is 0.103. The van der Waals surface area contributed by atoms with Gasteiger partial charge in [0.15, 0.2) is 0 Å². The van der Waals surface area contributed by atoms with Crippen LogP contribution in [0.25, 0.3) is 0 Å². The van der Waals surface area contributed by atoms with Crippen molar-refractivity contribution in [2.24, 2.45) is 0 Å². The Labute approximate surface area is 117 Å². The molecule has 2 rings (SSSR count). The predicted molar refractivity (Wildman–Crippen MR) is 74.7 cm³/mol. The van der Waals surface area contributed by atoms with Gasteiger partial charge in [0.25, 0.3) is 0 Å². The van der Waals surface area contributed by atoms with E-state index < -0.39 is 11.6 Å². The normalized spacial score (nSPS) is 10.6. The van der Waals surface area contributed by atoms with E-state index in [2.05, 4.69) is 22.2 Å². The Balaban J connectivity index is 2.21. The highest BCUT2D eigenvalue weighted by Gasteiger charge is 2.08. The molecule has 3 nitrogen and oxygen atoms in total. The Hall–Kier alpha value is -2.04. The predicted octanol–water partition coefficient (Wildman–Crippen LogP) is 3.48. The van der Waals surface area contributed by atoms with E-state index in [4.69, 9.17) is 0 Å². The molecule has 0 atom stereocenters. The highest BCUT2D eigenvalue weighted by atomic mass is 19.1. The highest BCUT2D eigenvalue weighted by Crippen LogP contribution is 2.14. The van der Waals surface area contributed by atoms with Gasteiger partial charge in [-0.05, 0) is 25.0 Å². The summed E-state index contributed by atoms with van der Waals surface area (Å²) >= 11 is 0. The van der Waals surface area contributed by atoms with Gasteiger partial charge in [0.1, 0.15) is 23.3 Å². The van der Waals surface area contributed by atoms with Gasteiger partial charge >= 0.3 is 0 Å². The van der Waals surface area contributed by atoms with Gasteiger partial charge in [-0.3, -0.25) is 0 Å². The Kier molecular flexibility index (Phi) is 4.61. The van der Waals surface area contributed by atoms with E-state index in [0.717, 1.165) is 30.5 Å². The second-order valence-electron chi connectivity index (χ2n) is 4.65. The van der Waals surface area contributed by atoms with E-state index in [1.807, 2.05) is 13.0 Å². The number of nitrogens with one attached hydrogen (secondary N) is 1. The SMILES string of the molecule is CCCNc1cc(C)nc(Cc2ccc(F)cc2F)n1. The Morgan fingerprint density at radius 2 is 1.95 bits per heavy atom. The van der Waals surface area contributed by atoms with E-state index in [1.54, 1.807) is 0 Å². The molecule has 0 spiro atoms. The van der Waals surface area contributed by atoms with Crippen molar-refractivity contribution in [1.82, 2.24) is 9.97 Å². The largest absolute Gasteiger partial charge is 0.370 e. The van der Waals surface area contributed by atoms with Crippen molar-refractivity contribution in [2.75, 3.05) is 11.9 Å². The second kappa shape index (κ2) is 6.41. The van der Waals surface area contributed by atoms with Gasteiger partial charge in [-0.25, -0.2) is 18.7 Å². The molecule has 1 N–H and O–H groups in total. The van der Waals surface area contributed by atoms with E-state index in [-0.39, 0.29) is 6.42 Å². The van der Waals surface area contributed by atoms with Crippen molar-refractivity contribution in [2.45, 2.75) is 26.7 Å². The van der Waals surface area contributed by atoms with Gasteiger partial charge in [-0.2, -0.15) is 0 Å². The van der Waals surface area contributed by atoms with Crippen molar-refractivity contribution in [3.63, 3.8) is 0 Å². The van der Waals surface area contributed by atoms with Gasteiger partial charge in [0.05, 0.1) is 0 Å². The van der Waals surface area contributed by atoms with E-state index >= 15 is 0 Å². The number of rotatable bonds is 5. The van der Waals surface area contributed by atoms with Crippen LogP contribution in [0, 0.1) is 18.6 Å². The van der Waals surface area contributed by atoms with Gasteiger partial charge in [-0.15, -0.1) is 0 Å². The Bertz CT molecular complexity index is 600. The number of halogens is 2. The number of hydrogen-bond acceptors (Lipinski definition) is 3. The molecule has 0 amide bonds. The maximum absolute atomic E-state index is 13.6. The lowest BCUT2D eigenvalue weighted by Crippen LogP contribution is -2.07. The Morgan fingerprint density at radius 1 is 1.15 bits per heavy atom. The molecule has 20 heavy (non-hydrogen) atoms. The third-order valence-corrected chi connectivity index (χ3v) is 2.82. The Morgan fingerprint density at radius 3 is 2.65 bits per heavy atom. The fourth-order valence-electron chi connectivity index (χ4n) is 1.89. The van der Waals surface area contributed by atoms with Crippen molar-refractivity contribution >= 4 is 5.82 Å². The molecule has 0 fully saturated rings. The fourth-order valence-corrected chi connectivity index (χ4v) is 1.89. The molecular formula is C15H17F2N3. The first-order valence-electron chi connectivity index (χ1n) is 6.61. The molecule has 0 saturated carbocycles. The minimum atomic E-state index is -0.582. The summed E-state index contributed by atoms with van der Waals surface area (Å²) in [4.78, 5) is 8.64. The molecular weight excluding hydrogens is 260 g/mol. The van der Waals surface area contributed by atoms with Gasteiger partial charge in [0, 0.05) is 30.8 Å². The minimum Gasteiger partial charge on any atom is -0.370 e. The van der Waals surface area contributed by atoms with Gasteiger partial charge in [0.2, 0.25) is 0 Å². The minimum absolute atomic E-state index is 0.245. The van der Waals surface area contributed by atoms with Crippen LogP contribution in [-0.2, 0) is 6.42 Å². The van der Waals surface area contributed by atoms with Crippen LogP contribution in [-0.4, -0.2) is 16.5 Å². The lowest BCUT2D eigenvalue weighted by atomic mass is 10.1. The molecule has 0 aliphatic carbocycles. The average Bonchev–Trinajstić information content (AvgIpc) is 2.39. The van der Waals surface area contributed by atoms with Crippen LogP contribution in [0.15, 0.2) is 24.3 Å². The van der Waals surface area contributed by atoms with Crippen LogP contribution < -0.4 is 5.32 Å². The molecule has 1 aromatic carbocycles. The zero-order valence-corrected chi connectivity index (χ0v) is 11.6. The summed E-state index contributed by atoms with van der Waals surface area (Å²) in [6.45, 7) is 4.75. The summed E-state index contributed by atoms with van der Waals surface area (Å²) in [6, 6.07) is 5.39. The molecule has 0 unspecified atom stereocenters. The maximum Gasteiger partial charge on any atom is 0.135 e. The summed E-state index contributed by atoms with van der Waals surface area (Å²) < 4.78 is 26.5.